The molecule has 1 fully saturated rings. The summed E-state index contributed by atoms with van der Waals surface area (Å²) in [5, 5.41) is 19.5. The van der Waals surface area contributed by atoms with Crippen molar-refractivity contribution in [2.45, 2.75) is 24.9 Å². The van der Waals surface area contributed by atoms with Gasteiger partial charge in [0, 0.05) is 6.42 Å². The summed E-state index contributed by atoms with van der Waals surface area (Å²) in [4.78, 5) is 50.4. The molecule has 1 aliphatic rings. The molecule has 0 aliphatic carbocycles. The Morgan fingerprint density at radius 3 is 2.41 bits per heavy atom. The van der Waals surface area contributed by atoms with Gasteiger partial charge < -0.3 is 40.3 Å². The summed E-state index contributed by atoms with van der Waals surface area (Å²) in [6.07, 6.45) is -3.23. The van der Waals surface area contributed by atoms with E-state index in [2.05, 4.69) is 18.1 Å². The van der Waals surface area contributed by atoms with Crippen LogP contribution in [-0.4, -0.2) is 58.2 Å². The molecule has 0 spiro atoms. The van der Waals surface area contributed by atoms with Crippen LogP contribution in [-0.2, 0) is 31.6 Å². The molecule has 1 aromatic rings. The van der Waals surface area contributed by atoms with Gasteiger partial charge in [0.05, 0.1) is 18.9 Å². The van der Waals surface area contributed by atoms with Gasteiger partial charge in [-0.3, -0.25) is 9.09 Å². The minimum Gasteiger partial charge on any atom is -0.503 e. The van der Waals surface area contributed by atoms with Crippen molar-refractivity contribution in [3.63, 3.8) is 0 Å². The zero-order chi connectivity index (χ0) is 22.2. The number of nitrogen functional groups attached to an aromatic ring is 1. The summed E-state index contributed by atoms with van der Waals surface area (Å²) in [7, 11) is -16.6. The summed E-state index contributed by atoms with van der Waals surface area (Å²) in [5.41, 5.74) is 4.34. The lowest BCUT2D eigenvalue weighted by molar-refractivity contribution is -0.0450. The van der Waals surface area contributed by atoms with E-state index >= 15 is 0 Å². The van der Waals surface area contributed by atoms with Crippen molar-refractivity contribution >= 4 is 29.3 Å². The molecule has 0 bridgehead atoms. The average Bonchev–Trinajstić information content (AvgIpc) is 2.86. The molecule has 17 nitrogen and oxygen atoms in total. The Kier molecular flexibility index (Phi) is 7.07. The molecule has 0 saturated carbocycles. The fraction of sp³-hybridized carbons (Fsp3) is 0.556. The van der Waals surface area contributed by atoms with Crippen molar-refractivity contribution in [1.82, 2.24) is 9.55 Å². The zero-order valence-electron chi connectivity index (χ0n) is 14.0. The number of phosphoric ester groups is 1. The molecule has 1 saturated heterocycles. The molecule has 1 aliphatic heterocycles. The normalized spacial score (nSPS) is 26.7. The van der Waals surface area contributed by atoms with Gasteiger partial charge in [0.25, 0.3) is 0 Å². The predicted molar refractivity (Wildman–Crippen MR) is 88.9 cm³/mol. The van der Waals surface area contributed by atoms with E-state index in [1.807, 2.05) is 0 Å². The van der Waals surface area contributed by atoms with Crippen LogP contribution in [0.25, 0.3) is 0 Å². The van der Waals surface area contributed by atoms with E-state index in [0.717, 1.165) is 10.8 Å². The highest BCUT2D eigenvalue weighted by molar-refractivity contribution is 7.66. The zero-order valence-corrected chi connectivity index (χ0v) is 16.7. The van der Waals surface area contributed by atoms with E-state index in [1.165, 1.54) is 0 Å². The van der Waals surface area contributed by atoms with E-state index in [4.69, 9.17) is 25.2 Å². The molecular formula is C9H16N3O14P3. The van der Waals surface area contributed by atoms with E-state index in [9.17, 15) is 33.6 Å². The van der Waals surface area contributed by atoms with E-state index in [-0.39, 0.29) is 6.42 Å². The number of rotatable bonds is 8. The average molecular weight is 483 g/mol. The Morgan fingerprint density at radius 2 is 1.83 bits per heavy atom. The third kappa shape index (κ3) is 6.93. The van der Waals surface area contributed by atoms with Gasteiger partial charge in [-0.05, 0) is 0 Å². The molecule has 2 rings (SSSR count). The van der Waals surface area contributed by atoms with E-state index in [1.54, 1.807) is 0 Å². The fourth-order valence-electron chi connectivity index (χ4n) is 2.18. The van der Waals surface area contributed by atoms with Gasteiger partial charge in [-0.2, -0.15) is 13.6 Å². The number of aliphatic hydroxyl groups is 1. The van der Waals surface area contributed by atoms with Crippen molar-refractivity contribution in [1.29, 1.82) is 0 Å². The quantitative estimate of drug-likeness (QED) is 0.208. The molecule has 0 radical (unpaired) electrons. The van der Waals surface area contributed by atoms with Gasteiger partial charge in [-0.1, -0.05) is 0 Å². The van der Waals surface area contributed by atoms with Crippen molar-refractivity contribution < 1.29 is 61.4 Å². The van der Waals surface area contributed by atoms with Crippen molar-refractivity contribution in [3.8, 4) is 5.75 Å². The molecule has 0 aromatic carbocycles. The Bertz CT molecular complexity index is 959. The van der Waals surface area contributed by atoms with Crippen LogP contribution in [0.3, 0.4) is 0 Å². The number of nitrogens with two attached hydrogens (primary N) is 1. The van der Waals surface area contributed by atoms with E-state index < -0.39 is 65.8 Å². The lowest BCUT2D eigenvalue weighted by Crippen LogP contribution is -2.28. The molecule has 5 atom stereocenters. The molecule has 2 heterocycles. The Hall–Kier alpha value is -1.19. The first-order valence-corrected chi connectivity index (χ1v) is 11.8. The fourth-order valence-corrected chi connectivity index (χ4v) is 5.21. The number of anilines is 1. The van der Waals surface area contributed by atoms with Crippen LogP contribution in [0.2, 0.25) is 0 Å². The van der Waals surface area contributed by atoms with Crippen LogP contribution < -0.4 is 11.4 Å². The molecule has 29 heavy (non-hydrogen) atoms. The van der Waals surface area contributed by atoms with Gasteiger partial charge in [0.1, 0.15) is 12.3 Å². The van der Waals surface area contributed by atoms with Crippen LogP contribution in [0.15, 0.2) is 11.0 Å². The van der Waals surface area contributed by atoms with Gasteiger partial charge in [-0.25, -0.2) is 18.5 Å². The van der Waals surface area contributed by atoms with Crippen LogP contribution in [0.1, 0.15) is 12.6 Å². The Morgan fingerprint density at radius 1 is 1.21 bits per heavy atom. The van der Waals surface area contributed by atoms with E-state index in [0.29, 0.717) is 0 Å². The molecule has 20 heteroatoms. The number of nitrogens with zero attached hydrogens (tertiary/aromatic N) is 2. The van der Waals surface area contributed by atoms with Crippen LogP contribution in [0.4, 0.5) is 5.82 Å². The summed E-state index contributed by atoms with van der Waals surface area (Å²) in [6, 6.07) is 0. The first-order valence-electron chi connectivity index (χ1n) is 7.28. The van der Waals surface area contributed by atoms with Gasteiger partial charge in [-0.15, -0.1) is 0 Å². The van der Waals surface area contributed by atoms with Crippen molar-refractivity contribution in [2.75, 3.05) is 12.3 Å². The standard InChI is InChI=1S/C9H16N3O14P3/c10-8-5(14)2-12(9(15)11-8)7-1-4(13)6(24-7)3-23-28(19,20)26-29(21,22)25-27(16,17)18/h2,4,6-7,13-14H,1,3H2,(H,19,20)(H,21,22)(H2,10,11,15)(H2,16,17,18). The van der Waals surface area contributed by atoms with Crippen LogP contribution >= 0.6 is 23.5 Å². The van der Waals surface area contributed by atoms with Crippen LogP contribution in [0.5, 0.6) is 5.75 Å². The molecular weight excluding hydrogens is 467 g/mol. The van der Waals surface area contributed by atoms with Crippen molar-refractivity contribution in [3.05, 3.63) is 16.7 Å². The number of aromatic hydroxyl groups is 1. The smallest absolute Gasteiger partial charge is 0.490 e. The highest BCUT2D eigenvalue weighted by atomic mass is 31.3. The molecule has 5 unspecified atom stereocenters. The minimum absolute atomic E-state index is 0.241. The third-order valence-corrected chi connectivity index (χ3v) is 7.10. The highest BCUT2D eigenvalue weighted by Crippen LogP contribution is 2.66. The summed E-state index contributed by atoms with van der Waals surface area (Å²) in [5.74, 6) is -0.978. The maximum Gasteiger partial charge on any atom is 0.490 e. The summed E-state index contributed by atoms with van der Waals surface area (Å²) in [6.45, 7) is -0.912. The molecule has 166 valence electrons. The number of aliphatic hydroxyl groups excluding tert-OH is 1. The topological polar surface area (TPSA) is 270 Å². The lowest BCUT2D eigenvalue weighted by Gasteiger charge is -2.19. The number of ether oxygens (including phenoxy) is 1. The first kappa shape index (κ1) is 24.1. The monoisotopic (exact) mass is 483 g/mol. The maximum atomic E-state index is 11.8. The van der Waals surface area contributed by atoms with Gasteiger partial charge >= 0.3 is 29.2 Å². The number of hydrogen-bond donors (Lipinski definition) is 7. The number of phosphoric acid groups is 3. The minimum atomic E-state index is -5.69. The molecule has 1 aromatic heterocycles. The largest absolute Gasteiger partial charge is 0.503 e. The Labute approximate surface area is 160 Å². The SMILES string of the molecule is Nc1nc(=O)n(C2CC(O)C(COP(=O)(O)OP(=O)(O)OP(=O)(O)O)O2)cc1O. The number of aromatic nitrogens is 2. The first-order chi connectivity index (χ1) is 13.1. The van der Waals surface area contributed by atoms with Crippen LogP contribution in [0, 0.1) is 0 Å². The summed E-state index contributed by atoms with van der Waals surface area (Å²) >= 11 is 0. The van der Waals surface area contributed by atoms with Gasteiger partial charge in [0.2, 0.25) is 0 Å². The maximum absolute atomic E-state index is 11.8. The molecule has 8 N–H and O–H groups in total. The lowest BCUT2D eigenvalue weighted by atomic mass is 10.2. The highest BCUT2D eigenvalue weighted by Gasteiger charge is 2.43. The third-order valence-electron chi connectivity index (χ3n) is 3.29. The van der Waals surface area contributed by atoms with Gasteiger partial charge in [0.15, 0.2) is 11.6 Å². The summed E-state index contributed by atoms with van der Waals surface area (Å²) < 4.78 is 50.9. The molecule has 0 amide bonds. The van der Waals surface area contributed by atoms with Crippen molar-refractivity contribution in [2.24, 2.45) is 0 Å². The second-order valence-electron chi connectivity index (χ2n) is 5.52. The number of hydrogen-bond acceptors (Lipinski definition) is 12. The second-order valence-corrected chi connectivity index (χ2v) is 9.94. The second kappa shape index (κ2) is 8.51. The predicted octanol–water partition coefficient (Wildman–Crippen LogP) is -1.48. The Balaban J connectivity index is 2.02.